The second kappa shape index (κ2) is 4.84. The molecule has 2 aliphatic rings. The van der Waals surface area contributed by atoms with Crippen LogP contribution in [0.1, 0.15) is 19.3 Å². The standard InChI is InChI=1S/C9H16N2O2.ClH/c12-9(13)11-6-8(7-11)10-4-2-1-3-5-10;/h8H,1-7H2,(H,12,13);1H. The van der Waals surface area contributed by atoms with Crippen molar-refractivity contribution in [3.63, 3.8) is 0 Å². The molecule has 0 aromatic rings. The second-order valence-electron chi connectivity index (χ2n) is 3.94. The van der Waals surface area contributed by atoms with Crippen LogP contribution in [0.4, 0.5) is 4.79 Å². The zero-order chi connectivity index (χ0) is 9.26. The Labute approximate surface area is 90.3 Å². The molecule has 0 aliphatic carbocycles. The highest BCUT2D eigenvalue weighted by Crippen LogP contribution is 2.19. The molecule has 2 rings (SSSR count). The van der Waals surface area contributed by atoms with Gasteiger partial charge in [0.25, 0.3) is 0 Å². The number of hydrogen-bond acceptors (Lipinski definition) is 2. The van der Waals surface area contributed by atoms with Gasteiger partial charge in [0.05, 0.1) is 0 Å². The van der Waals surface area contributed by atoms with E-state index in [1.807, 2.05) is 0 Å². The van der Waals surface area contributed by atoms with Crippen LogP contribution in [0.3, 0.4) is 0 Å². The van der Waals surface area contributed by atoms with E-state index in [0.717, 1.165) is 26.2 Å². The van der Waals surface area contributed by atoms with Gasteiger partial charge in [0.2, 0.25) is 0 Å². The molecule has 0 saturated carbocycles. The molecular formula is C9H17ClN2O2. The Hall–Kier alpha value is -0.480. The lowest BCUT2D eigenvalue weighted by atomic mass is 10.0. The Balaban J connectivity index is 0.000000980. The average molecular weight is 221 g/mol. The van der Waals surface area contributed by atoms with Gasteiger partial charge in [-0.3, -0.25) is 4.90 Å². The number of nitrogens with zero attached hydrogens (tertiary/aromatic N) is 2. The number of likely N-dealkylation sites (tertiary alicyclic amines) is 2. The fourth-order valence-corrected chi connectivity index (χ4v) is 2.13. The van der Waals surface area contributed by atoms with E-state index in [0.29, 0.717) is 6.04 Å². The molecule has 4 nitrogen and oxygen atoms in total. The van der Waals surface area contributed by atoms with E-state index in [1.54, 1.807) is 0 Å². The molecule has 0 radical (unpaired) electrons. The van der Waals surface area contributed by atoms with Gasteiger partial charge in [-0.15, -0.1) is 12.4 Å². The van der Waals surface area contributed by atoms with E-state index < -0.39 is 6.09 Å². The molecule has 0 unspecified atom stereocenters. The Morgan fingerprint density at radius 2 is 1.71 bits per heavy atom. The van der Waals surface area contributed by atoms with Crippen LogP contribution in [0.15, 0.2) is 0 Å². The van der Waals surface area contributed by atoms with E-state index in [2.05, 4.69) is 4.90 Å². The van der Waals surface area contributed by atoms with Gasteiger partial charge in [0.15, 0.2) is 0 Å². The summed E-state index contributed by atoms with van der Waals surface area (Å²) < 4.78 is 0. The summed E-state index contributed by atoms with van der Waals surface area (Å²) in [5.74, 6) is 0. The first-order chi connectivity index (χ1) is 6.27. The second-order valence-corrected chi connectivity index (χ2v) is 3.94. The van der Waals surface area contributed by atoms with Crippen LogP contribution in [0.2, 0.25) is 0 Å². The molecular weight excluding hydrogens is 204 g/mol. The molecule has 14 heavy (non-hydrogen) atoms. The number of carboxylic acid groups (broad SMARTS) is 1. The normalized spacial score (nSPS) is 23.9. The Kier molecular flexibility index (Phi) is 4.01. The van der Waals surface area contributed by atoms with Gasteiger partial charge >= 0.3 is 6.09 Å². The third-order valence-corrected chi connectivity index (χ3v) is 3.04. The fourth-order valence-electron chi connectivity index (χ4n) is 2.13. The first-order valence-electron chi connectivity index (χ1n) is 4.99. The van der Waals surface area contributed by atoms with Crippen molar-refractivity contribution < 1.29 is 9.90 Å². The topological polar surface area (TPSA) is 43.8 Å². The van der Waals surface area contributed by atoms with Gasteiger partial charge in [-0.05, 0) is 25.9 Å². The predicted octanol–water partition coefficient (Wildman–Crippen LogP) is 1.26. The molecule has 0 bridgehead atoms. The Morgan fingerprint density at radius 1 is 1.14 bits per heavy atom. The van der Waals surface area contributed by atoms with Crippen LogP contribution in [-0.2, 0) is 0 Å². The number of hydrogen-bond donors (Lipinski definition) is 1. The van der Waals surface area contributed by atoms with Crippen molar-refractivity contribution in [2.45, 2.75) is 25.3 Å². The monoisotopic (exact) mass is 220 g/mol. The van der Waals surface area contributed by atoms with Crippen molar-refractivity contribution in [1.29, 1.82) is 0 Å². The van der Waals surface area contributed by atoms with E-state index in [-0.39, 0.29) is 12.4 Å². The van der Waals surface area contributed by atoms with Crippen LogP contribution < -0.4 is 0 Å². The summed E-state index contributed by atoms with van der Waals surface area (Å²) in [7, 11) is 0. The number of carbonyl (C=O) groups is 1. The van der Waals surface area contributed by atoms with E-state index >= 15 is 0 Å². The zero-order valence-corrected chi connectivity index (χ0v) is 9.00. The summed E-state index contributed by atoms with van der Waals surface area (Å²) in [6, 6.07) is 0.511. The summed E-state index contributed by atoms with van der Waals surface area (Å²) >= 11 is 0. The van der Waals surface area contributed by atoms with Gasteiger partial charge < -0.3 is 10.0 Å². The number of rotatable bonds is 1. The van der Waals surface area contributed by atoms with Crippen LogP contribution >= 0.6 is 12.4 Å². The van der Waals surface area contributed by atoms with E-state index in [1.165, 1.54) is 24.2 Å². The van der Waals surface area contributed by atoms with Gasteiger partial charge in [0, 0.05) is 19.1 Å². The maximum absolute atomic E-state index is 10.5. The van der Waals surface area contributed by atoms with Gasteiger partial charge in [-0.25, -0.2) is 4.79 Å². The highest BCUT2D eigenvalue weighted by molar-refractivity contribution is 5.85. The molecule has 1 amide bonds. The van der Waals surface area contributed by atoms with Crippen molar-refractivity contribution >= 4 is 18.5 Å². The van der Waals surface area contributed by atoms with Gasteiger partial charge in [-0.1, -0.05) is 6.42 Å². The van der Waals surface area contributed by atoms with E-state index in [9.17, 15) is 4.79 Å². The molecule has 0 aromatic heterocycles. The lowest BCUT2D eigenvalue weighted by Gasteiger charge is -2.45. The Morgan fingerprint density at radius 3 is 2.21 bits per heavy atom. The molecule has 0 atom stereocenters. The molecule has 2 saturated heterocycles. The minimum atomic E-state index is -0.770. The number of amides is 1. The summed E-state index contributed by atoms with van der Waals surface area (Å²) in [5.41, 5.74) is 0. The number of piperidine rings is 1. The zero-order valence-electron chi connectivity index (χ0n) is 8.19. The molecule has 1 N–H and O–H groups in total. The lowest BCUT2D eigenvalue weighted by Crippen LogP contribution is -2.61. The molecule has 5 heteroatoms. The minimum absolute atomic E-state index is 0. The SMILES string of the molecule is Cl.O=C(O)N1CC(N2CCCCC2)C1. The quantitative estimate of drug-likeness (QED) is 0.724. The number of halogens is 1. The van der Waals surface area contributed by atoms with Crippen molar-refractivity contribution in [3.8, 4) is 0 Å². The first-order valence-corrected chi connectivity index (χ1v) is 4.99. The predicted molar refractivity (Wildman–Crippen MR) is 56.1 cm³/mol. The summed E-state index contributed by atoms with van der Waals surface area (Å²) in [6.07, 6.45) is 3.13. The molecule has 0 aromatic carbocycles. The molecule has 0 spiro atoms. The largest absolute Gasteiger partial charge is 0.465 e. The van der Waals surface area contributed by atoms with E-state index in [4.69, 9.17) is 5.11 Å². The summed E-state index contributed by atoms with van der Waals surface area (Å²) in [4.78, 5) is 14.4. The minimum Gasteiger partial charge on any atom is -0.465 e. The van der Waals surface area contributed by atoms with Gasteiger partial charge in [0.1, 0.15) is 0 Å². The van der Waals surface area contributed by atoms with Gasteiger partial charge in [-0.2, -0.15) is 0 Å². The van der Waals surface area contributed by atoms with Crippen LogP contribution in [0, 0.1) is 0 Å². The average Bonchev–Trinajstić information content (AvgIpc) is 2.02. The Bertz CT molecular complexity index is 201. The summed E-state index contributed by atoms with van der Waals surface area (Å²) in [5, 5.41) is 8.66. The third-order valence-electron chi connectivity index (χ3n) is 3.04. The van der Waals surface area contributed by atoms with Crippen molar-refractivity contribution in [3.05, 3.63) is 0 Å². The molecule has 82 valence electrons. The molecule has 2 fully saturated rings. The van der Waals surface area contributed by atoms with Crippen LogP contribution in [0.25, 0.3) is 0 Å². The van der Waals surface area contributed by atoms with Crippen LogP contribution in [0.5, 0.6) is 0 Å². The molecule has 2 heterocycles. The van der Waals surface area contributed by atoms with Crippen molar-refractivity contribution in [1.82, 2.24) is 9.80 Å². The lowest BCUT2D eigenvalue weighted by molar-refractivity contribution is 0.0279. The maximum Gasteiger partial charge on any atom is 0.407 e. The highest BCUT2D eigenvalue weighted by atomic mass is 35.5. The van der Waals surface area contributed by atoms with Crippen molar-refractivity contribution in [2.75, 3.05) is 26.2 Å². The maximum atomic E-state index is 10.5. The summed E-state index contributed by atoms with van der Waals surface area (Å²) in [6.45, 7) is 3.76. The third kappa shape index (κ3) is 2.30. The van der Waals surface area contributed by atoms with Crippen molar-refractivity contribution in [2.24, 2.45) is 0 Å². The van der Waals surface area contributed by atoms with Crippen LogP contribution in [-0.4, -0.2) is 53.2 Å². The highest BCUT2D eigenvalue weighted by Gasteiger charge is 2.34. The smallest absolute Gasteiger partial charge is 0.407 e. The molecule has 2 aliphatic heterocycles. The first kappa shape index (κ1) is 11.6. The fraction of sp³-hybridized carbons (Fsp3) is 0.889.